The van der Waals surface area contributed by atoms with Crippen molar-refractivity contribution < 1.29 is 19.4 Å². The van der Waals surface area contributed by atoms with Gasteiger partial charge in [0.25, 0.3) is 0 Å². The summed E-state index contributed by atoms with van der Waals surface area (Å²) in [7, 11) is 1.53. The summed E-state index contributed by atoms with van der Waals surface area (Å²) in [5, 5.41) is 13.3. The number of nitrogens with zero attached hydrogens (tertiary/aromatic N) is 1. The molecule has 0 fully saturated rings. The molecule has 2 aromatic carbocycles. The molecule has 7 heteroatoms. The molecule has 0 saturated heterocycles. The normalized spacial score (nSPS) is 10.6. The smallest absolute Gasteiger partial charge is 0.336 e. The Hall–Kier alpha value is -2.86. The molecule has 0 radical (unpaired) electrons. The lowest BCUT2D eigenvalue weighted by molar-refractivity contribution is -0.120. The first-order valence-electron chi connectivity index (χ1n) is 6.98. The van der Waals surface area contributed by atoms with Crippen molar-refractivity contribution in [2.24, 2.45) is 5.10 Å². The van der Waals surface area contributed by atoms with Crippen LogP contribution in [0.4, 0.5) is 0 Å². The first-order chi connectivity index (χ1) is 11.5. The Morgan fingerprint density at radius 1 is 1.29 bits per heavy atom. The molecule has 0 aliphatic rings. The highest BCUT2D eigenvalue weighted by Crippen LogP contribution is 2.22. The second-order valence-electron chi connectivity index (χ2n) is 4.82. The fourth-order valence-corrected chi connectivity index (χ4v) is 2.19. The van der Waals surface area contributed by atoms with Crippen molar-refractivity contribution in [3.8, 4) is 5.75 Å². The predicted molar refractivity (Wildman–Crippen MR) is 90.8 cm³/mol. The van der Waals surface area contributed by atoms with Crippen LogP contribution in [0.3, 0.4) is 0 Å². The highest BCUT2D eigenvalue weighted by Gasteiger charge is 2.09. The Kier molecular flexibility index (Phi) is 5.92. The Morgan fingerprint density at radius 3 is 2.75 bits per heavy atom. The summed E-state index contributed by atoms with van der Waals surface area (Å²) in [6.45, 7) is 0. The molecule has 2 aromatic rings. The van der Waals surface area contributed by atoms with E-state index in [-0.39, 0.29) is 17.9 Å². The van der Waals surface area contributed by atoms with Gasteiger partial charge in [-0.25, -0.2) is 10.2 Å². The van der Waals surface area contributed by atoms with E-state index < -0.39 is 5.97 Å². The molecule has 1 amide bonds. The zero-order chi connectivity index (χ0) is 17.5. The van der Waals surface area contributed by atoms with Crippen molar-refractivity contribution in [2.75, 3.05) is 7.11 Å². The minimum atomic E-state index is -1.06. The lowest BCUT2D eigenvalue weighted by Gasteiger charge is -2.06. The van der Waals surface area contributed by atoms with Crippen molar-refractivity contribution in [1.82, 2.24) is 5.43 Å². The second kappa shape index (κ2) is 8.12. The summed E-state index contributed by atoms with van der Waals surface area (Å²) in [4.78, 5) is 23.0. The van der Waals surface area contributed by atoms with Crippen LogP contribution in [0.1, 0.15) is 21.5 Å². The van der Waals surface area contributed by atoms with Crippen LogP contribution in [0, 0.1) is 0 Å². The molecular weight excluding hydrogens is 332 g/mol. The molecule has 0 atom stereocenters. The molecule has 0 bridgehead atoms. The van der Waals surface area contributed by atoms with Gasteiger partial charge in [0.2, 0.25) is 5.91 Å². The van der Waals surface area contributed by atoms with E-state index in [4.69, 9.17) is 21.4 Å². The molecule has 0 unspecified atom stereocenters. The van der Waals surface area contributed by atoms with E-state index in [1.165, 1.54) is 19.4 Å². The summed E-state index contributed by atoms with van der Waals surface area (Å²) in [6, 6.07) is 11.4. The van der Waals surface area contributed by atoms with Gasteiger partial charge in [0.05, 0.1) is 25.3 Å². The average molecular weight is 347 g/mol. The minimum Gasteiger partial charge on any atom is -0.497 e. The van der Waals surface area contributed by atoms with Gasteiger partial charge in [-0.1, -0.05) is 29.8 Å². The zero-order valence-electron chi connectivity index (χ0n) is 12.8. The van der Waals surface area contributed by atoms with Crippen LogP contribution in [0.5, 0.6) is 5.75 Å². The topological polar surface area (TPSA) is 88.0 Å². The second-order valence-corrected chi connectivity index (χ2v) is 5.23. The number of hydrogen-bond donors (Lipinski definition) is 2. The van der Waals surface area contributed by atoms with Crippen molar-refractivity contribution in [3.05, 3.63) is 64.2 Å². The minimum absolute atomic E-state index is 0.0218. The maximum Gasteiger partial charge on any atom is 0.336 e. The first-order valence-corrected chi connectivity index (χ1v) is 7.35. The van der Waals surface area contributed by atoms with Gasteiger partial charge in [0.15, 0.2) is 0 Å². The number of carbonyl (C=O) groups is 2. The highest BCUT2D eigenvalue weighted by atomic mass is 35.5. The quantitative estimate of drug-likeness (QED) is 0.622. The Morgan fingerprint density at radius 2 is 2.04 bits per heavy atom. The zero-order valence-corrected chi connectivity index (χ0v) is 13.6. The van der Waals surface area contributed by atoms with Gasteiger partial charge in [-0.3, -0.25) is 4.79 Å². The fraction of sp³-hybridized carbons (Fsp3) is 0.118. The summed E-state index contributed by atoms with van der Waals surface area (Å²) >= 11 is 6.04. The van der Waals surface area contributed by atoms with Crippen molar-refractivity contribution >= 4 is 29.7 Å². The molecule has 0 spiro atoms. The van der Waals surface area contributed by atoms with Crippen molar-refractivity contribution in [2.45, 2.75) is 6.42 Å². The number of carbonyl (C=O) groups excluding carboxylic acids is 1. The molecule has 24 heavy (non-hydrogen) atoms. The van der Waals surface area contributed by atoms with Gasteiger partial charge in [-0.05, 0) is 29.8 Å². The van der Waals surface area contributed by atoms with Gasteiger partial charge in [-0.2, -0.15) is 5.10 Å². The van der Waals surface area contributed by atoms with Crippen LogP contribution in [-0.4, -0.2) is 30.3 Å². The number of amides is 1. The van der Waals surface area contributed by atoms with E-state index in [9.17, 15) is 9.59 Å². The number of carboxylic acid groups (broad SMARTS) is 1. The molecule has 0 aromatic heterocycles. The van der Waals surface area contributed by atoms with Crippen LogP contribution >= 0.6 is 11.6 Å². The van der Waals surface area contributed by atoms with Gasteiger partial charge in [0, 0.05) is 10.6 Å². The number of methoxy groups -OCH3 is 1. The van der Waals surface area contributed by atoms with Crippen LogP contribution < -0.4 is 10.2 Å². The molecule has 6 nitrogen and oxygen atoms in total. The van der Waals surface area contributed by atoms with Crippen LogP contribution in [0.2, 0.25) is 5.02 Å². The highest BCUT2D eigenvalue weighted by molar-refractivity contribution is 6.31. The van der Waals surface area contributed by atoms with E-state index in [0.29, 0.717) is 21.9 Å². The Bertz CT molecular complexity index is 790. The number of halogens is 1. The summed E-state index contributed by atoms with van der Waals surface area (Å²) in [6.07, 6.45) is 1.31. The van der Waals surface area contributed by atoms with E-state index in [0.717, 1.165) is 0 Å². The number of aromatic carboxylic acids is 1. The fourth-order valence-electron chi connectivity index (χ4n) is 2.00. The third-order valence-electron chi connectivity index (χ3n) is 3.19. The number of hydrogen-bond acceptors (Lipinski definition) is 4. The average Bonchev–Trinajstić information content (AvgIpc) is 2.57. The molecule has 0 aliphatic carbocycles. The Labute approximate surface area is 143 Å². The third-order valence-corrected chi connectivity index (χ3v) is 3.56. The maximum atomic E-state index is 11.9. The standard InChI is InChI=1S/C17H15ClN2O4/c1-24-13-6-7-15(18)12(8-13)9-16(21)20-19-10-11-4-2-3-5-14(11)17(22)23/h2-8,10H,9H2,1H3,(H,20,21)(H,22,23)/b19-10+. The van der Waals surface area contributed by atoms with E-state index in [1.807, 2.05) is 0 Å². The lowest BCUT2D eigenvalue weighted by atomic mass is 10.1. The Balaban J connectivity index is 2.03. The first kappa shape index (κ1) is 17.5. The number of nitrogens with one attached hydrogen (secondary N) is 1. The van der Waals surface area contributed by atoms with Crippen molar-refractivity contribution in [3.63, 3.8) is 0 Å². The van der Waals surface area contributed by atoms with Crippen LogP contribution in [0.25, 0.3) is 0 Å². The number of ether oxygens (including phenoxy) is 1. The predicted octanol–water partition coefficient (Wildman–Crippen LogP) is 2.74. The van der Waals surface area contributed by atoms with E-state index in [2.05, 4.69) is 10.5 Å². The summed E-state index contributed by atoms with van der Waals surface area (Å²) < 4.78 is 5.09. The molecule has 0 saturated carbocycles. The molecular formula is C17H15ClN2O4. The largest absolute Gasteiger partial charge is 0.497 e. The molecule has 2 rings (SSSR count). The van der Waals surface area contributed by atoms with Crippen molar-refractivity contribution in [1.29, 1.82) is 0 Å². The molecule has 0 heterocycles. The summed E-state index contributed by atoms with van der Waals surface area (Å²) in [5.41, 5.74) is 3.45. The van der Waals surface area contributed by atoms with E-state index >= 15 is 0 Å². The monoisotopic (exact) mass is 346 g/mol. The third kappa shape index (κ3) is 4.57. The van der Waals surface area contributed by atoms with Gasteiger partial charge in [-0.15, -0.1) is 0 Å². The number of rotatable bonds is 6. The molecule has 0 aliphatic heterocycles. The maximum absolute atomic E-state index is 11.9. The number of benzene rings is 2. The number of carboxylic acids is 1. The van der Waals surface area contributed by atoms with Crippen LogP contribution in [-0.2, 0) is 11.2 Å². The van der Waals surface area contributed by atoms with Gasteiger partial charge in [0.1, 0.15) is 5.75 Å². The summed E-state index contributed by atoms with van der Waals surface area (Å²) in [5.74, 6) is -0.846. The lowest BCUT2D eigenvalue weighted by Crippen LogP contribution is -2.20. The van der Waals surface area contributed by atoms with E-state index in [1.54, 1.807) is 36.4 Å². The van der Waals surface area contributed by atoms with Crippen LogP contribution in [0.15, 0.2) is 47.6 Å². The van der Waals surface area contributed by atoms with Gasteiger partial charge < -0.3 is 9.84 Å². The SMILES string of the molecule is COc1ccc(Cl)c(CC(=O)N/N=C/c2ccccc2C(=O)O)c1. The van der Waals surface area contributed by atoms with Gasteiger partial charge >= 0.3 is 5.97 Å². The molecule has 2 N–H and O–H groups in total. The molecule has 124 valence electrons. The number of hydrazone groups is 1.